The van der Waals surface area contributed by atoms with Crippen LogP contribution in [0.4, 0.5) is 5.82 Å². The highest BCUT2D eigenvalue weighted by Crippen LogP contribution is 2.27. The minimum atomic E-state index is 0.376. The fourth-order valence-corrected chi connectivity index (χ4v) is 3.42. The van der Waals surface area contributed by atoms with Crippen LogP contribution < -0.4 is 5.32 Å². The molecule has 1 N–H and O–H groups in total. The molecule has 3 rings (SSSR count). The Morgan fingerprint density at radius 3 is 2.73 bits per heavy atom. The second-order valence-electron chi connectivity index (χ2n) is 6.79. The zero-order valence-electron chi connectivity index (χ0n) is 13.8. The van der Waals surface area contributed by atoms with Crippen LogP contribution in [-0.4, -0.2) is 53.3 Å². The maximum absolute atomic E-state index is 5.52. The van der Waals surface area contributed by atoms with Crippen LogP contribution in [0.15, 0.2) is 12.4 Å². The van der Waals surface area contributed by atoms with Gasteiger partial charge in [0.15, 0.2) is 0 Å². The lowest BCUT2D eigenvalue weighted by Gasteiger charge is -2.34. The lowest BCUT2D eigenvalue weighted by atomic mass is 9.93. The summed E-state index contributed by atoms with van der Waals surface area (Å²) < 4.78 is 5.52. The fourth-order valence-electron chi connectivity index (χ4n) is 3.42. The average molecular weight is 304 g/mol. The highest BCUT2D eigenvalue weighted by atomic mass is 16.5. The first-order valence-electron chi connectivity index (χ1n) is 8.62. The number of aromatic nitrogens is 2. The van der Waals surface area contributed by atoms with Gasteiger partial charge in [-0.1, -0.05) is 0 Å². The van der Waals surface area contributed by atoms with Gasteiger partial charge in [-0.05, 0) is 52.6 Å². The Hall–Kier alpha value is -1.20. The molecule has 5 nitrogen and oxygen atoms in total. The predicted octanol–water partition coefficient (Wildman–Crippen LogP) is 2.66. The molecule has 0 unspecified atom stereocenters. The monoisotopic (exact) mass is 304 g/mol. The van der Waals surface area contributed by atoms with Crippen LogP contribution in [0, 0.1) is 0 Å². The molecule has 0 saturated carbocycles. The molecule has 122 valence electrons. The second-order valence-corrected chi connectivity index (χ2v) is 6.79. The van der Waals surface area contributed by atoms with E-state index in [1.807, 2.05) is 12.4 Å². The molecule has 0 spiro atoms. The predicted molar refractivity (Wildman–Crippen MR) is 88.2 cm³/mol. The van der Waals surface area contributed by atoms with Crippen LogP contribution in [0.2, 0.25) is 0 Å². The van der Waals surface area contributed by atoms with E-state index >= 15 is 0 Å². The first kappa shape index (κ1) is 15.7. The molecule has 0 radical (unpaired) electrons. The Kier molecular flexibility index (Phi) is 5.26. The molecule has 0 amide bonds. The van der Waals surface area contributed by atoms with E-state index in [2.05, 4.69) is 29.0 Å². The first-order chi connectivity index (χ1) is 10.7. The molecule has 2 aliphatic heterocycles. The van der Waals surface area contributed by atoms with Crippen molar-refractivity contribution in [2.75, 3.05) is 31.6 Å². The van der Waals surface area contributed by atoms with Gasteiger partial charge in [0.1, 0.15) is 5.82 Å². The fraction of sp³-hybridized carbons (Fsp3) is 0.765. The van der Waals surface area contributed by atoms with Crippen molar-refractivity contribution >= 4 is 5.82 Å². The van der Waals surface area contributed by atoms with Crippen LogP contribution in [0.25, 0.3) is 0 Å². The van der Waals surface area contributed by atoms with Crippen molar-refractivity contribution in [3.05, 3.63) is 18.1 Å². The van der Waals surface area contributed by atoms with Gasteiger partial charge in [0, 0.05) is 24.8 Å². The molecule has 2 aliphatic rings. The minimum absolute atomic E-state index is 0.376. The number of rotatable bonds is 4. The van der Waals surface area contributed by atoms with Gasteiger partial charge in [-0.3, -0.25) is 4.98 Å². The number of nitrogens with zero attached hydrogens (tertiary/aromatic N) is 3. The quantitative estimate of drug-likeness (QED) is 0.927. The molecule has 0 aliphatic carbocycles. The average Bonchev–Trinajstić information content (AvgIpc) is 2.56. The number of anilines is 1. The number of likely N-dealkylation sites (tertiary alicyclic amines) is 1. The van der Waals surface area contributed by atoms with Crippen molar-refractivity contribution in [2.45, 2.75) is 57.5 Å². The van der Waals surface area contributed by atoms with Gasteiger partial charge in [0.25, 0.3) is 0 Å². The molecule has 1 aromatic heterocycles. The number of ether oxygens (including phenoxy) is 1. The summed E-state index contributed by atoms with van der Waals surface area (Å²) in [6.07, 6.45) is 8.42. The summed E-state index contributed by atoms with van der Waals surface area (Å²) in [5.41, 5.74) is 1.14. The Labute approximate surface area is 133 Å². The van der Waals surface area contributed by atoms with E-state index in [1.54, 1.807) is 0 Å². The topological polar surface area (TPSA) is 50.3 Å². The molecule has 22 heavy (non-hydrogen) atoms. The third-order valence-electron chi connectivity index (χ3n) is 4.84. The second kappa shape index (κ2) is 7.38. The molecule has 1 aromatic rings. The number of hydrogen-bond acceptors (Lipinski definition) is 5. The van der Waals surface area contributed by atoms with Gasteiger partial charge in [-0.15, -0.1) is 0 Å². The van der Waals surface area contributed by atoms with Crippen molar-refractivity contribution in [3.8, 4) is 0 Å². The lowest BCUT2D eigenvalue weighted by molar-refractivity contribution is 0.0875. The molecular formula is C17H28N4O. The van der Waals surface area contributed by atoms with Gasteiger partial charge in [-0.2, -0.15) is 0 Å². The lowest BCUT2D eigenvalue weighted by Crippen LogP contribution is -2.38. The summed E-state index contributed by atoms with van der Waals surface area (Å²) in [6.45, 7) is 8.54. The smallest absolute Gasteiger partial charge is 0.145 e. The Balaban J connectivity index is 1.59. The third-order valence-corrected chi connectivity index (χ3v) is 4.84. The van der Waals surface area contributed by atoms with E-state index in [4.69, 9.17) is 9.72 Å². The van der Waals surface area contributed by atoms with Gasteiger partial charge >= 0.3 is 0 Å². The van der Waals surface area contributed by atoms with E-state index in [9.17, 15) is 0 Å². The Morgan fingerprint density at radius 2 is 2.05 bits per heavy atom. The van der Waals surface area contributed by atoms with E-state index in [0.717, 1.165) is 50.7 Å². The summed E-state index contributed by atoms with van der Waals surface area (Å²) >= 11 is 0. The van der Waals surface area contributed by atoms with Gasteiger partial charge in [-0.25, -0.2) is 4.98 Å². The van der Waals surface area contributed by atoms with Crippen LogP contribution >= 0.6 is 0 Å². The van der Waals surface area contributed by atoms with Crippen LogP contribution in [0.1, 0.15) is 51.1 Å². The van der Waals surface area contributed by atoms with E-state index in [1.165, 1.54) is 12.8 Å². The molecule has 0 bridgehead atoms. The maximum atomic E-state index is 5.52. The van der Waals surface area contributed by atoms with Gasteiger partial charge in [0.2, 0.25) is 0 Å². The van der Waals surface area contributed by atoms with Crippen LogP contribution in [0.5, 0.6) is 0 Å². The molecule has 0 aromatic carbocycles. The number of piperidine rings is 1. The number of hydrogen-bond donors (Lipinski definition) is 1. The van der Waals surface area contributed by atoms with E-state index in [0.29, 0.717) is 18.0 Å². The Bertz CT molecular complexity index is 465. The number of nitrogens with one attached hydrogen (secondary N) is 1. The molecule has 1 atom stereocenters. The van der Waals surface area contributed by atoms with Gasteiger partial charge in [0.05, 0.1) is 24.5 Å². The summed E-state index contributed by atoms with van der Waals surface area (Å²) in [5.74, 6) is 1.45. The van der Waals surface area contributed by atoms with Gasteiger partial charge < -0.3 is 15.0 Å². The molecule has 3 heterocycles. The van der Waals surface area contributed by atoms with E-state index in [-0.39, 0.29) is 0 Å². The van der Waals surface area contributed by atoms with Crippen LogP contribution in [-0.2, 0) is 4.74 Å². The molecule has 5 heteroatoms. The van der Waals surface area contributed by atoms with Crippen molar-refractivity contribution in [2.24, 2.45) is 0 Å². The van der Waals surface area contributed by atoms with Crippen molar-refractivity contribution in [1.82, 2.24) is 14.9 Å². The first-order valence-corrected chi connectivity index (χ1v) is 8.62. The standard InChI is InChI=1S/C17H28N4O/c1-13(2)21-7-5-14(6-8-21)16-10-18-11-17(20-16)19-15-4-3-9-22-12-15/h10-11,13-15H,3-9,12H2,1-2H3,(H,19,20)/t15-/m1/s1. The SMILES string of the molecule is CC(C)N1CCC(c2cncc(N[C@@H]3CCCOC3)n2)CC1. The van der Waals surface area contributed by atoms with Crippen LogP contribution in [0.3, 0.4) is 0 Å². The summed E-state index contributed by atoms with van der Waals surface area (Å²) in [4.78, 5) is 11.8. The zero-order valence-corrected chi connectivity index (χ0v) is 13.8. The van der Waals surface area contributed by atoms with E-state index < -0.39 is 0 Å². The zero-order chi connectivity index (χ0) is 15.4. The summed E-state index contributed by atoms with van der Waals surface area (Å²) in [7, 11) is 0. The largest absolute Gasteiger partial charge is 0.379 e. The third kappa shape index (κ3) is 3.96. The van der Waals surface area contributed by atoms with Crippen molar-refractivity contribution in [3.63, 3.8) is 0 Å². The Morgan fingerprint density at radius 1 is 1.23 bits per heavy atom. The molecule has 2 fully saturated rings. The summed E-state index contributed by atoms with van der Waals surface area (Å²) in [6, 6.07) is 1.02. The normalized spacial score (nSPS) is 24.6. The maximum Gasteiger partial charge on any atom is 0.145 e. The summed E-state index contributed by atoms with van der Waals surface area (Å²) in [5, 5.41) is 3.48. The molecular weight excluding hydrogens is 276 g/mol. The highest BCUT2D eigenvalue weighted by molar-refractivity contribution is 5.34. The van der Waals surface area contributed by atoms with Crippen molar-refractivity contribution in [1.29, 1.82) is 0 Å². The highest BCUT2D eigenvalue weighted by Gasteiger charge is 2.23. The molecule has 2 saturated heterocycles. The minimum Gasteiger partial charge on any atom is -0.379 e. The van der Waals surface area contributed by atoms with Crippen molar-refractivity contribution < 1.29 is 4.74 Å².